The third kappa shape index (κ3) is 7.80. The molecule has 1 aliphatic rings. The molecule has 1 aliphatic heterocycles. The van der Waals surface area contributed by atoms with Crippen molar-refractivity contribution in [3.05, 3.63) is 65.7 Å². The lowest BCUT2D eigenvalue weighted by Crippen LogP contribution is -2.49. The Kier molecular flexibility index (Phi) is 9.59. The molecular formula is C26H34N4O3. The van der Waals surface area contributed by atoms with Crippen LogP contribution < -0.4 is 10.6 Å². The number of amides is 2. The number of piperazine rings is 1. The number of hydrogen-bond donors (Lipinski definition) is 2. The highest BCUT2D eigenvalue weighted by Gasteiger charge is 2.20. The second-order valence-electron chi connectivity index (χ2n) is 8.36. The van der Waals surface area contributed by atoms with Crippen LogP contribution in [0.4, 0.5) is 5.69 Å². The number of unbranched alkanes of at least 4 members (excludes halogenated alkanes) is 1. The molecule has 7 nitrogen and oxygen atoms in total. The number of para-hydroxylation sites is 1. The minimum Gasteiger partial charge on any atom is -0.355 e. The Morgan fingerprint density at radius 3 is 2.24 bits per heavy atom. The molecule has 1 saturated heterocycles. The SMILES string of the molecule is CCCCNC(=O)CN1CCN(CCC(=O)Nc2ccccc2C(=O)c2ccccc2)CC1. The van der Waals surface area contributed by atoms with E-state index in [1.807, 2.05) is 24.3 Å². The number of nitrogens with zero attached hydrogens (tertiary/aromatic N) is 2. The summed E-state index contributed by atoms with van der Waals surface area (Å²) in [5.74, 6) is -0.137. The minimum atomic E-state index is -0.110. The first kappa shape index (κ1) is 24.6. The zero-order chi connectivity index (χ0) is 23.5. The van der Waals surface area contributed by atoms with Crippen LogP contribution in [0.5, 0.6) is 0 Å². The molecule has 1 heterocycles. The van der Waals surface area contributed by atoms with Crippen molar-refractivity contribution >= 4 is 23.3 Å². The molecule has 2 aromatic carbocycles. The molecule has 2 aromatic rings. The molecule has 2 N–H and O–H groups in total. The van der Waals surface area contributed by atoms with Crippen molar-refractivity contribution < 1.29 is 14.4 Å². The molecular weight excluding hydrogens is 416 g/mol. The standard InChI is InChI=1S/C26H34N4O3/c1-2-3-14-27-25(32)20-30-18-16-29(17-19-30)15-13-24(31)28-23-12-8-7-11-22(23)26(33)21-9-5-4-6-10-21/h4-12H,2-3,13-20H2,1H3,(H,27,32)(H,28,31). The van der Waals surface area contributed by atoms with Gasteiger partial charge in [0, 0.05) is 56.8 Å². The summed E-state index contributed by atoms with van der Waals surface area (Å²) in [5, 5.41) is 5.87. The predicted molar refractivity (Wildman–Crippen MR) is 130 cm³/mol. The quantitative estimate of drug-likeness (QED) is 0.406. The van der Waals surface area contributed by atoms with E-state index in [0.717, 1.165) is 45.6 Å². The van der Waals surface area contributed by atoms with Gasteiger partial charge in [0.25, 0.3) is 0 Å². The topological polar surface area (TPSA) is 81.8 Å². The van der Waals surface area contributed by atoms with Gasteiger partial charge in [-0.2, -0.15) is 0 Å². The van der Waals surface area contributed by atoms with Crippen LogP contribution in [0.2, 0.25) is 0 Å². The number of rotatable bonds is 11. The van der Waals surface area contributed by atoms with Gasteiger partial charge in [-0.05, 0) is 18.6 Å². The van der Waals surface area contributed by atoms with E-state index in [-0.39, 0.29) is 17.6 Å². The van der Waals surface area contributed by atoms with Crippen LogP contribution in [-0.2, 0) is 9.59 Å². The fourth-order valence-electron chi connectivity index (χ4n) is 3.84. The lowest BCUT2D eigenvalue weighted by molar-refractivity contribution is -0.122. The van der Waals surface area contributed by atoms with Crippen LogP contribution in [0, 0.1) is 0 Å². The third-order valence-electron chi connectivity index (χ3n) is 5.82. The molecule has 1 fully saturated rings. The Hall–Kier alpha value is -3.03. The van der Waals surface area contributed by atoms with Gasteiger partial charge in [-0.15, -0.1) is 0 Å². The van der Waals surface area contributed by atoms with E-state index in [1.165, 1.54) is 0 Å². The minimum absolute atomic E-state index is 0.0833. The van der Waals surface area contributed by atoms with E-state index >= 15 is 0 Å². The molecule has 0 unspecified atom stereocenters. The van der Waals surface area contributed by atoms with Gasteiger partial charge in [-0.25, -0.2) is 0 Å². The summed E-state index contributed by atoms with van der Waals surface area (Å²) in [5.41, 5.74) is 1.62. The molecule has 33 heavy (non-hydrogen) atoms. The highest BCUT2D eigenvalue weighted by atomic mass is 16.2. The molecule has 0 saturated carbocycles. The van der Waals surface area contributed by atoms with Crippen LogP contribution in [0.15, 0.2) is 54.6 Å². The molecule has 0 atom stereocenters. The maximum absolute atomic E-state index is 12.8. The van der Waals surface area contributed by atoms with Gasteiger partial charge in [0.1, 0.15) is 0 Å². The number of hydrogen-bond acceptors (Lipinski definition) is 5. The molecule has 7 heteroatoms. The summed E-state index contributed by atoms with van der Waals surface area (Å²) in [7, 11) is 0. The van der Waals surface area contributed by atoms with Gasteiger partial charge < -0.3 is 15.5 Å². The van der Waals surface area contributed by atoms with E-state index in [2.05, 4.69) is 27.4 Å². The van der Waals surface area contributed by atoms with Crippen molar-refractivity contribution in [2.75, 3.05) is 51.1 Å². The van der Waals surface area contributed by atoms with E-state index in [4.69, 9.17) is 0 Å². The lowest BCUT2D eigenvalue weighted by Gasteiger charge is -2.34. The largest absolute Gasteiger partial charge is 0.355 e. The van der Waals surface area contributed by atoms with E-state index < -0.39 is 0 Å². The molecule has 0 radical (unpaired) electrons. The maximum atomic E-state index is 12.8. The molecule has 0 bridgehead atoms. The Bertz CT molecular complexity index is 924. The van der Waals surface area contributed by atoms with Crippen LogP contribution in [0.25, 0.3) is 0 Å². The molecule has 176 valence electrons. The third-order valence-corrected chi connectivity index (χ3v) is 5.82. The number of carbonyl (C=O) groups excluding carboxylic acids is 3. The summed E-state index contributed by atoms with van der Waals surface area (Å²) >= 11 is 0. The second-order valence-corrected chi connectivity index (χ2v) is 8.36. The van der Waals surface area contributed by atoms with E-state index in [9.17, 15) is 14.4 Å². The van der Waals surface area contributed by atoms with Crippen molar-refractivity contribution in [3.63, 3.8) is 0 Å². The van der Waals surface area contributed by atoms with Crippen LogP contribution in [0.3, 0.4) is 0 Å². The Morgan fingerprint density at radius 2 is 1.52 bits per heavy atom. The number of ketones is 1. The smallest absolute Gasteiger partial charge is 0.234 e. The number of benzene rings is 2. The van der Waals surface area contributed by atoms with Gasteiger partial charge in [-0.3, -0.25) is 19.3 Å². The maximum Gasteiger partial charge on any atom is 0.234 e. The van der Waals surface area contributed by atoms with Crippen molar-refractivity contribution in [1.29, 1.82) is 0 Å². The number of nitrogens with one attached hydrogen (secondary N) is 2. The van der Waals surface area contributed by atoms with E-state index in [0.29, 0.717) is 36.3 Å². The van der Waals surface area contributed by atoms with Gasteiger partial charge in [0.05, 0.1) is 12.2 Å². The Balaban J connectivity index is 1.43. The monoisotopic (exact) mass is 450 g/mol. The summed E-state index contributed by atoms with van der Waals surface area (Å²) in [6, 6.07) is 16.2. The highest BCUT2D eigenvalue weighted by molar-refractivity contribution is 6.13. The zero-order valence-electron chi connectivity index (χ0n) is 19.4. The van der Waals surface area contributed by atoms with Gasteiger partial charge in [0.2, 0.25) is 11.8 Å². The molecule has 0 spiro atoms. The summed E-state index contributed by atoms with van der Waals surface area (Å²) < 4.78 is 0. The second kappa shape index (κ2) is 12.9. The predicted octanol–water partition coefficient (Wildman–Crippen LogP) is 2.78. The van der Waals surface area contributed by atoms with Crippen LogP contribution in [0.1, 0.15) is 42.1 Å². The normalized spacial score (nSPS) is 14.6. The van der Waals surface area contributed by atoms with E-state index in [1.54, 1.807) is 30.3 Å². The number of anilines is 1. The van der Waals surface area contributed by atoms with Crippen molar-refractivity contribution in [3.8, 4) is 0 Å². The average Bonchev–Trinajstić information content (AvgIpc) is 2.84. The lowest BCUT2D eigenvalue weighted by atomic mass is 10.0. The van der Waals surface area contributed by atoms with Crippen LogP contribution >= 0.6 is 0 Å². The van der Waals surface area contributed by atoms with Crippen LogP contribution in [-0.4, -0.2) is 73.2 Å². The fraction of sp³-hybridized carbons (Fsp3) is 0.423. The Morgan fingerprint density at radius 1 is 0.848 bits per heavy atom. The average molecular weight is 451 g/mol. The van der Waals surface area contributed by atoms with Crippen molar-refractivity contribution in [1.82, 2.24) is 15.1 Å². The fourth-order valence-corrected chi connectivity index (χ4v) is 3.84. The Labute approximate surface area is 196 Å². The molecule has 0 aromatic heterocycles. The summed E-state index contributed by atoms with van der Waals surface area (Å²) in [6.45, 7) is 7.23. The summed E-state index contributed by atoms with van der Waals surface area (Å²) in [6.07, 6.45) is 2.43. The highest BCUT2D eigenvalue weighted by Crippen LogP contribution is 2.19. The summed E-state index contributed by atoms with van der Waals surface area (Å²) in [4.78, 5) is 41.8. The van der Waals surface area contributed by atoms with Crippen molar-refractivity contribution in [2.45, 2.75) is 26.2 Å². The number of carbonyl (C=O) groups is 3. The van der Waals surface area contributed by atoms with Crippen molar-refractivity contribution in [2.24, 2.45) is 0 Å². The van der Waals surface area contributed by atoms with Gasteiger partial charge in [-0.1, -0.05) is 55.8 Å². The molecule has 2 amide bonds. The van der Waals surface area contributed by atoms with Gasteiger partial charge in [0.15, 0.2) is 5.78 Å². The first-order chi connectivity index (χ1) is 16.1. The first-order valence-electron chi connectivity index (χ1n) is 11.8. The van der Waals surface area contributed by atoms with Gasteiger partial charge >= 0.3 is 0 Å². The first-order valence-corrected chi connectivity index (χ1v) is 11.8. The molecule has 3 rings (SSSR count). The molecule has 0 aliphatic carbocycles. The zero-order valence-corrected chi connectivity index (χ0v) is 19.4.